The van der Waals surface area contributed by atoms with E-state index in [0.29, 0.717) is 24.1 Å². The summed E-state index contributed by atoms with van der Waals surface area (Å²) < 4.78 is 46.4. The minimum absolute atomic E-state index is 0.177. The summed E-state index contributed by atoms with van der Waals surface area (Å²) in [5, 5.41) is 0. The van der Waals surface area contributed by atoms with Gasteiger partial charge in [-0.1, -0.05) is 31.2 Å². The third-order valence-electron chi connectivity index (χ3n) is 5.31. The Hall–Kier alpha value is -2.93. The summed E-state index contributed by atoms with van der Waals surface area (Å²) in [7, 11) is -2.85. The SMILES string of the molecule is CCc1ccc2c(c1)CCc1c(C(=O)OC)cn(S(=O)(=O)c3cccc(F)c3)c1-2. The molecule has 0 N–H and O–H groups in total. The van der Waals surface area contributed by atoms with Crippen molar-refractivity contribution in [2.45, 2.75) is 31.1 Å². The molecule has 1 aromatic heterocycles. The van der Waals surface area contributed by atoms with Crippen molar-refractivity contribution >= 4 is 16.0 Å². The number of nitrogens with zero attached hydrogens (tertiary/aromatic N) is 1. The Kier molecular flexibility index (Phi) is 4.78. The average molecular weight is 413 g/mol. The second kappa shape index (κ2) is 7.15. The van der Waals surface area contributed by atoms with Crippen molar-refractivity contribution in [3.8, 4) is 11.3 Å². The van der Waals surface area contributed by atoms with E-state index >= 15 is 0 Å². The number of aryl methyl sites for hydroxylation is 2. The van der Waals surface area contributed by atoms with Gasteiger partial charge in [0.15, 0.2) is 0 Å². The van der Waals surface area contributed by atoms with Crippen LogP contribution >= 0.6 is 0 Å². The van der Waals surface area contributed by atoms with Crippen molar-refractivity contribution in [3.05, 3.63) is 76.7 Å². The Labute approximate surface area is 168 Å². The molecule has 3 aromatic rings. The number of ether oxygens (including phenoxy) is 1. The van der Waals surface area contributed by atoms with Crippen LogP contribution in [0.1, 0.15) is 34.0 Å². The number of carbonyl (C=O) groups excluding carboxylic acids is 1. The standard InChI is InChI=1S/C22H20FNO4S/c1-3-14-7-9-18-15(11-14)8-10-19-20(22(25)28-2)13-24(21(18)19)29(26,27)17-6-4-5-16(23)12-17/h4-7,9,11-13H,3,8,10H2,1-2H3. The van der Waals surface area contributed by atoms with Gasteiger partial charge in [0, 0.05) is 11.8 Å². The first-order valence-electron chi connectivity index (χ1n) is 9.32. The van der Waals surface area contributed by atoms with E-state index in [-0.39, 0.29) is 10.5 Å². The normalized spacial score (nSPS) is 12.9. The van der Waals surface area contributed by atoms with Gasteiger partial charge in [0.05, 0.1) is 23.3 Å². The Morgan fingerprint density at radius 1 is 1.17 bits per heavy atom. The van der Waals surface area contributed by atoms with Crippen molar-refractivity contribution in [3.63, 3.8) is 0 Å². The molecule has 0 radical (unpaired) electrons. The monoisotopic (exact) mass is 413 g/mol. The van der Waals surface area contributed by atoms with Crippen molar-refractivity contribution in [2.24, 2.45) is 0 Å². The maximum atomic E-state index is 13.7. The summed E-state index contributed by atoms with van der Waals surface area (Å²) in [6, 6.07) is 10.8. The quantitative estimate of drug-likeness (QED) is 0.607. The molecule has 5 nitrogen and oxygen atoms in total. The Morgan fingerprint density at radius 2 is 1.97 bits per heavy atom. The molecule has 1 heterocycles. The third kappa shape index (κ3) is 3.15. The molecule has 1 aliphatic rings. The average Bonchev–Trinajstić information content (AvgIpc) is 3.13. The number of fused-ring (bicyclic) bond motifs is 3. The second-order valence-electron chi connectivity index (χ2n) is 6.96. The molecule has 0 unspecified atom stereocenters. The Balaban J connectivity index is 2.01. The van der Waals surface area contributed by atoms with Crippen LogP contribution in [0.4, 0.5) is 4.39 Å². The zero-order valence-corrected chi connectivity index (χ0v) is 16.9. The molecule has 29 heavy (non-hydrogen) atoms. The van der Waals surface area contributed by atoms with Crippen molar-refractivity contribution in [1.29, 1.82) is 0 Å². The lowest BCUT2D eigenvalue weighted by Crippen LogP contribution is -2.16. The molecular formula is C22H20FNO4S. The molecule has 4 rings (SSSR count). The van der Waals surface area contributed by atoms with Crippen LogP contribution in [0, 0.1) is 5.82 Å². The number of rotatable bonds is 4. The summed E-state index contributed by atoms with van der Waals surface area (Å²) in [4.78, 5) is 12.2. The van der Waals surface area contributed by atoms with Crippen LogP contribution in [0.25, 0.3) is 11.3 Å². The molecule has 0 atom stereocenters. The van der Waals surface area contributed by atoms with Gasteiger partial charge in [0.2, 0.25) is 0 Å². The van der Waals surface area contributed by atoms with E-state index < -0.39 is 21.8 Å². The maximum Gasteiger partial charge on any atom is 0.339 e. The van der Waals surface area contributed by atoms with Crippen LogP contribution in [0.5, 0.6) is 0 Å². The summed E-state index contributed by atoms with van der Waals surface area (Å²) in [5.41, 5.74) is 4.24. The molecular weight excluding hydrogens is 393 g/mol. The van der Waals surface area contributed by atoms with E-state index in [1.807, 2.05) is 12.1 Å². The first kappa shape index (κ1) is 19.4. The largest absolute Gasteiger partial charge is 0.465 e. The molecule has 0 fully saturated rings. The lowest BCUT2D eigenvalue weighted by molar-refractivity contribution is 0.0599. The molecule has 0 saturated carbocycles. The lowest BCUT2D eigenvalue weighted by Gasteiger charge is -2.21. The van der Waals surface area contributed by atoms with Crippen LogP contribution in [-0.2, 0) is 34.0 Å². The van der Waals surface area contributed by atoms with Gasteiger partial charge in [0.1, 0.15) is 5.82 Å². The number of aromatic nitrogens is 1. The highest BCUT2D eigenvalue weighted by Crippen LogP contribution is 2.39. The van der Waals surface area contributed by atoms with Gasteiger partial charge < -0.3 is 4.74 Å². The van der Waals surface area contributed by atoms with Gasteiger partial charge in [-0.2, -0.15) is 0 Å². The number of methoxy groups -OCH3 is 1. The molecule has 1 aliphatic carbocycles. The van der Waals surface area contributed by atoms with E-state index in [9.17, 15) is 17.6 Å². The van der Waals surface area contributed by atoms with Crippen molar-refractivity contribution in [2.75, 3.05) is 7.11 Å². The molecule has 150 valence electrons. The zero-order valence-electron chi connectivity index (χ0n) is 16.1. The predicted octanol–water partition coefficient (Wildman–Crippen LogP) is 3.98. The number of halogens is 1. The fourth-order valence-electron chi connectivity index (χ4n) is 3.84. The first-order valence-corrected chi connectivity index (χ1v) is 10.8. The third-order valence-corrected chi connectivity index (χ3v) is 6.97. The van der Waals surface area contributed by atoms with Gasteiger partial charge in [-0.25, -0.2) is 21.6 Å². The fraction of sp³-hybridized carbons (Fsp3) is 0.227. The number of hydrogen-bond acceptors (Lipinski definition) is 4. The number of hydrogen-bond donors (Lipinski definition) is 0. The Bertz CT molecular complexity index is 1230. The number of esters is 1. The molecule has 7 heteroatoms. The second-order valence-corrected chi connectivity index (χ2v) is 8.78. The lowest BCUT2D eigenvalue weighted by atomic mass is 9.87. The Morgan fingerprint density at radius 3 is 2.66 bits per heavy atom. The highest BCUT2D eigenvalue weighted by atomic mass is 32.2. The van der Waals surface area contributed by atoms with Gasteiger partial charge in [-0.3, -0.25) is 0 Å². The topological polar surface area (TPSA) is 65.4 Å². The summed E-state index contributed by atoms with van der Waals surface area (Å²) in [6.07, 6.45) is 3.38. The van der Waals surface area contributed by atoms with Crippen molar-refractivity contribution < 1.29 is 22.3 Å². The molecule has 0 aliphatic heterocycles. The van der Waals surface area contributed by atoms with E-state index in [1.54, 1.807) is 0 Å². The molecule has 0 spiro atoms. The highest BCUT2D eigenvalue weighted by molar-refractivity contribution is 7.90. The van der Waals surface area contributed by atoms with Crippen LogP contribution in [0.3, 0.4) is 0 Å². The van der Waals surface area contributed by atoms with Crippen LogP contribution < -0.4 is 0 Å². The van der Waals surface area contributed by atoms with Gasteiger partial charge in [-0.15, -0.1) is 0 Å². The fourth-order valence-corrected chi connectivity index (χ4v) is 5.27. The van der Waals surface area contributed by atoms with Crippen LogP contribution in [0.2, 0.25) is 0 Å². The molecule has 0 bridgehead atoms. The van der Waals surface area contributed by atoms with Crippen LogP contribution in [-0.4, -0.2) is 25.5 Å². The summed E-state index contributed by atoms with van der Waals surface area (Å²) >= 11 is 0. The van der Waals surface area contributed by atoms with Crippen molar-refractivity contribution in [1.82, 2.24) is 3.97 Å². The van der Waals surface area contributed by atoms with Gasteiger partial charge >= 0.3 is 5.97 Å². The first-order chi connectivity index (χ1) is 13.9. The summed E-state index contributed by atoms with van der Waals surface area (Å²) in [6.45, 7) is 2.06. The molecule has 0 amide bonds. The molecule has 2 aromatic carbocycles. The minimum atomic E-state index is -4.11. The number of benzene rings is 2. The zero-order chi connectivity index (χ0) is 20.8. The van der Waals surface area contributed by atoms with E-state index in [2.05, 4.69) is 13.0 Å². The summed E-state index contributed by atoms with van der Waals surface area (Å²) in [5.74, 6) is -1.24. The van der Waals surface area contributed by atoms with E-state index in [4.69, 9.17) is 4.74 Å². The van der Waals surface area contributed by atoms with E-state index in [1.165, 1.54) is 31.5 Å². The minimum Gasteiger partial charge on any atom is -0.465 e. The van der Waals surface area contributed by atoms with Gasteiger partial charge in [0.25, 0.3) is 10.0 Å². The smallest absolute Gasteiger partial charge is 0.339 e. The van der Waals surface area contributed by atoms with E-state index in [0.717, 1.165) is 33.1 Å². The highest BCUT2D eigenvalue weighted by Gasteiger charge is 2.32. The molecule has 0 saturated heterocycles. The van der Waals surface area contributed by atoms with Crippen LogP contribution in [0.15, 0.2) is 53.6 Å². The maximum absolute atomic E-state index is 13.7. The number of carbonyl (C=O) groups is 1. The predicted molar refractivity (Wildman–Crippen MR) is 107 cm³/mol. The van der Waals surface area contributed by atoms with Gasteiger partial charge in [-0.05, 0) is 54.2 Å².